The van der Waals surface area contributed by atoms with E-state index >= 15 is 0 Å². The van der Waals surface area contributed by atoms with Gasteiger partial charge in [0.1, 0.15) is 6.61 Å². The normalized spacial score (nSPS) is 13.5. The topological polar surface area (TPSA) is 134 Å². The molecule has 0 aromatic heterocycles. The first kappa shape index (κ1) is 81.9. The number of hydrogen-bond acceptors (Lipinski definition) is 8. The molecular formula is C75H134NO8P. The van der Waals surface area contributed by atoms with Gasteiger partial charge in [-0.05, 0) is 96.3 Å². The van der Waals surface area contributed by atoms with Gasteiger partial charge in [-0.2, -0.15) is 0 Å². The fraction of sp³-hybridized carbons (Fsp3) is 0.760. The monoisotopic (exact) mass is 1210 g/mol. The van der Waals surface area contributed by atoms with Crippen LogP contribution in [0.2, 0.25) is 0 Å². The molecule has 2 atom stereocenters. The number of nitrogens with two attached hydrogens (primary N) is 1. The summed E-state index contributed by atoms with van der Waals surface area (Å²) < 4.78 is 33.2. The molecule has 492 valence electrons. The van der Waals surface area contributed by atoms with Crippen molar-refractivity contribution in [3.8, 4) is 0 Å². The summed E-state index contributed by atoms with van der Waals surface area (Å²) in [6, 6.07) is 0. The van der Waals surface area contributed by atoms with Gasteiger partial charge in [0.05, 0.1) is 13.2 Å². The van der Waals surface area contributed by atoms with Crippen molar-refractivity contribution < 1.29 is 37.6 Å². The highest BCUT2D eigenvalue weighted by Crippen LogP contribution is 2.43. The average Bonchev–Trinajstić information content (AvgIpc) is 3.52. The van der Waals surface area contributed by atoms with E-state index in [0.29, 0.717) is 6.42 Å². The zero-order valence-electron chi connectivity index (χ0n) is 55.3. The van der Waals surface area contributed by atoms with E-state index < -0.39 is 26.5 Å². The van der Waals surface area contributed by atoms with Crippen molar-refractivity contribution in [2.45, 2.75) is 341 Å². The summed E-state index contributed by atoms with van der Waals surface area (Å²) in [5, 5.41) is 0. The molecular weight excluding hydrogens is 1070 g/mol. The van der Waals surface area contributed by atoms with Gasteiger partial charge in [0.15, 0.2) is 6.10 Å². The zero-order chi connectivity index (χ0) is 61.6. The highest BCUT2D eigenvalue weighted by Gasteiger charge is 2.26. The van der Waals surface area contributed by atoms with Crippen LogP contribution in [-0.2, 0) is 32.7 Å². The van der Waals surface area contributed by atoms with Crippen molar-refractivity contribution in [1.82, 2.24) is 0 Å². The second-order valence-electron chi connectivity index (χ2n) is 23.7. The molecule has 0 aliphatic carbocycles. The fourth-order valence-electron chi connectivity index (χ4n) is 10.2. The molecule has 0 aliphatic rings. The number of esters is 2. The number of ether oxygens (including phenoxy) is 2. The Bertz CT molecular complexity index is 1720. The van der Waals surface area contributed by atoms with Crippen molar-refractivity contribution in [2.75, 3.05) is 26.4 Å². The van der Waals surface area contributed by atoms with Crippen LogP contribution >= 0.6 is 7.82 Å². The smallest absolute Gasteiger partial charge is 0.462 e. The Hall–Kier alpha value is -3.07. The minimum Gasteiger partial charge on any atom is -0.462 e. The van der Waals surface area contributed by atoms with Crippen LogP contribution in [0.4, 0.5) is 0 Å². The first-order valence-corrected chi connectivity index (χ1v) is 37.2. The summed E-state index contributed by atoms with van der Waals surface area (Å²) in [6.45, 7) is 3.66. The van der Waals surface area contributed by atoms with Crippen LogP contribution in [0, 0.1) is 0 Å². The predicted molar refractivity (Wildman–Crippen MR) is 367 cm³/mol. The van der Waals surface area contributed by atoms with Gasteiger partial charge in [-0.1, -0.05) is 323 Å². The quantitative estimate of drug-likeness (QED) is 0.0264. The van der Waals surface area contributed by atoms with Gasteiger partial charge in [-0.15, -0.1) is 0 Å². The molecule has 85 heavy (non-hydrogen) atoms. The summed E-state index contributed by atoms with van der Waals surface area (Å²) in [5.74, 6) is -0.819. The standard InChI is InChI=1S/C75H134NO8P/c1-3-5-7-9-11-13-15-17-19-21-23-25-27-29-31-33-35-36-38-39-41-43-45-47-49-51-53-55-57-59-61-63-65-67-74(77)81-71-73(72-83-85(79,80)82-70-69-76)84-75(78)68-66-64-62-60-58-56-54-52-50-48-46-44-42-40-37-34-32-30-28-26-24-22-20-18-16-14-12-10-8-6-4-2/h6,8,12,14-15,17-18,20-21,23-24,26,30,32,37,40,73H,3-5,7,9-11,13,16,19,22,25,27-29,31,33-36,38-39,41-72,76H2,1-2H3,(H,79,80)/b8-6-,14-12-,17-15-,20-18-,23-21-,26-24-,32-30-,40-37-. The first-order chi connectivity index (χ1) is 41.8. The lowest BCUT2D eigenvalue weighted by atomic mass is 10.0. The first-order valence-electron chi connectivity index (χ1n) is 35.7. The van der Waals surface area contributed by atoms with E-state index in [2.05, 4.69) is 111 Å². The van der Waals surface area contributed by atoms with Gasteiger partial charge >= 0.3 is 19.8 Å². The van der Waals surface area contributed by atoms with Gasteiger partial charge in [-0.25, -0.2) is 4.57 Å². The minimum absolute atomic E-state index is 0.0510. The second-order valence-corrected chi connectivity index (χ2v) is 25.2. The molecule has 10 heteroatoms. The molecule has 0 heterocycles. The largest absolute Gasteiger partial charge is 0.472 e. The third-order valence-corrected chi connectivity index (χ3v) is 16.4. The SMILES string of the molecule is CC/C=C\C/C=C\C/C=C\C/C=C\C/C=C\C/C=C\CCCCCCCCCCCCCCC(=O)OC(COC(=O)CCCCCCCCCCCCCCCCCCCCCCC/C=C\C/C=C\CCCCCCC)COP(=O)(O)OCCN. The Balaban J connectivity index is 3.86. The molecule has 0 radical (unpaired) electrons. The third-order valence-electron chi connectivity index (χ3n) is 15.5. The van der Waals surface area contributed by atoms with E-state index in [0.717, 1.165) is 83.5 Å². The van der Waals surface area contributed by atoms with Gasteiger partial charge in [0.2, 0.25) is 0 Å². The van der Waals surface area contributed by atoms with Crippen molar-refractivity contribution in [1.29, 1.82) is 0 Å². The highest BCUT2D eigenvalue weighted by molar-refractivity contribution is 7.47. The molecule has 0 bridgehead atoms. The molecule has 0 saturated carbocycles. The van der Waals surface area contributed by atoms with Crippen molar-refractivity contribution >= 4 is 19.8 Å². The predicted octanol–water partition coefficient (Wildman–Crippen LogP) is 23.5. The van der Waals surface area contributed by atoms with Crippen molar-refractivity contribution in [2.24, 2.45) is 5.73 Å². The maximum absolute atomic E-state index is 12.8. The van der Waals surface area contributed by atoms with Crippen LogP contribution in [0.5, 0.6) is 0 Å². The number of rotatable bonds is 67. The van der Waals surface area contributed by atoms with Crippen LogP contribution in [0.1, 0.15) is 335 Å². The molecule has 0 aromatic carbocycles. The van der Waals surface area contributed by atoms with Crippen LogP contribution in [-0.4, -0.2) is 49.3 Å². The summed E-state index contributed by atoms with van der Waals surface area (Å²) in [6.07, 6.45) is 95.0. The average molecular weight is 1210 g/mol. The third kappa shape index (κ3) is 69.9. The number of phosphoric acid groups is 1. The molecule has 0 spiro atoms. The lowest BCUT2D eigenvalue weighted by Gasteiger charge is -2.19. The fourth-order valence-corrected chi connectivity index (χ4v) is 11.0. The second kappa shape index (κ2) is 70.0. The van der Waals surface area contributed by atoms with Gasteiger partial charge in [-0.3, -0.25) is 18.6 Å². The van der Waals surface area contributed by atoms with Crippen molar-refractivity contribution in [3.05, 3.63) is 97.2 Å². The molecule has 0 amide bonds. The molecule has 0 aromatic rings. The zero-order valence-corrected chi connectivity index (χ0v) is 56.2. The van der Waals surface area contributed by atoms with E-state index in [-0.39, 0.29) is 38.6 Å². The van der Waals surface area contributed by atoms with E-state index in [4.69, 9.17) is 24.3 Å². The Morgan fingerprint density at radius 1 is 0.365 bits per heavy atom. The van der Waals surface area contributed by atoms with Gasteiger partial charge < -0.3 is 20.1 Å². The van der Waals surface area contributed by atoms with Crippen molar-refractivity contribution in [3.63, 3.8) is 0 Å². The van der Waals surface area contributed by atoms with E-state index in [9.17, 15) is 19.0 Å². The van der Waals surface area contributed by atoms with Gasteiger partial charge in [0.25, 0.3) is 0 Å². The number of hydrogen-bond donors (Lipinski definition) is 2. The van der Waals surface area contributed by atoms with Crippen LogP contribution < -0.4 is 5.73 Å². The number of allylic oxidation sites excluding steroid dienone is 16. The number of carbonyl (C=O) groups excluding carboxylic acids is 2. The summed E-state index contributed by atoms with van der Waals surface area (Å²) in [7, 11) is -4.40. The Morgan fingerprint density at radius 3 is 0.965 bits per heavy atom. The number of phosphoric ester groups is 1. The molecule has 2 unspecified atom stereocenters. The van der Waals surface area contributed by atoms with E-state index in [1.54, 1.807) is 0 Å². The molecule has 0 rings (SSSR count). The van der Waals surface area contributed by atoms with Gasteiger partial charge in [0, 0.05) is 19.4 Å². The lowest BCUT2D eigenvalue weighted by Crippen LogP contribution is -2.29. The molecule has 0 fully saturated rings. The minimum atomic E-state index is -4.40. The van der Waals surface area contributed by atoms with Crippen LogP contribution in [0.3, 0.4) is 0 Å². The maximum Gasteiger partial charge on any atom is 0.472 e. The lowest BCUT2D eigenvalue weighted by molar-refractivity contribution is -0.161. The number of carbonyl (C=O) groups is 2. The molecule has 0 aliphatic heterocycles. The number of unbranched alkanes of at least 4 members (excludes halogenated alkanes) is 38. The van der Waals surface area contributed by atoms with Crippen LogP contribution in [0.25, 0.3) is 0 Å². The maximum atomic E-state index is 12.8. The highest BCUT2D eigenvalue weighted by atomic mass is 31.2. The van der Waals surface area contributed by atoms with E-state index in [1.165, 1.54) is 218 Å². The summed E-state index contributed by atoms with van der Waals surface area (Å²) in [4.78, 5) is 35.4. The van der Waals surface area contributed by atoms with Crippen LogP contribution in [0.15, 0.2) is 97.2 Å². The molecule has 9 nitrogen and oxygen atoms in total. The Morgan fingerprint density at radius 2 is 0.647 bits per heavy atom. The van der Waals surface area contributed by atoms with E-state index in [1.807, 2.05) is 0 Å². The molecule has 0 saturated heterocycles. The Labute approximate surface area is 525 Å². The summed E-state index contributed by atoms with van der Waals surface area (Å²) >= 11 is 0. The molecule has 3 N–H and O–H groups in total. The summed E-state index contributed by atoms with van der Waals surface area (Å²) in [5.41, 5.74) is 5.40. The Kier molecular flexibility index (Phi) is 67.5.